The van der Waals surface area contributed by atoms with Crippen molar-refractivity contribution in [2.45, 2.75) is 536 Å². The van der Waals surface area contributed by atoms with Gasteiger partial charge < -0.3 is 0 Å². The van der Waals surface area contributed by atoms with Crippen molar-refractivity contribution in [1.82, 2.24) is 0 Å². The van der Waals surface area contributed by atoms with Crippen LogP contribution in [0, 0.1) is 13.8 Å². The number of hydrogen-bond acceptors (Lipinski definition) is 3. The summed E-state index contributed by atoms with van der Waals surface area (Å²) in [5.74, 6) is 1.22. The summed E-state index contributed by atoms with van der Waals surface area (Å²) in [7, 11) is 2.10. The molecule has 0 fully saturated rings. The van der Waals surface area contributed by atoms with Gasteiger partial charge in [-0.25, -0.2) is 0 Å². The molecule has 4 heteroatoms. The van der Waals surface area contributed by atoms with Crippen molar-refractivity contribution < 1.29 is 4.74 Å². The summed E-state index contributed by atoms with van der Waals surface area (Å²) in [4.78, 5) is 4.84. The number of methoxy groups -OCH3 is 1. The monoisotopic (exact) mass is 1620 g/mol. The number of ether oxygens (including phenoxy) is 1. The number of rotatable bonds is 75. The molecule has 0 N–H and O–H groups in total. The Morgan fingerprint density at radius 1 is 0.271 bits per heavy atom. The van der Waals surface area contributed by atoms with Crippen LogP contribution in [0.3, 0.4) is 0 Å². The quantitative estimate of drug-likeness (QED) is 0.0316. The predicted molar refractivity (Wildman–Crippen MR) is 491 cm³/mol. The summed E-state index contributed by atoms with van der Waals surface area (Å²) >= 11 is 1.66. The van der Waals surface area contributed by atoms with Crippen LogP contribution in [0.4, 0.5) is 0 Å². The molecule has 0 amide bonds. The molecule has 0 atom stereocenters. The van der Waals surface area contributed by atoms with Crippen LogP contribution in [-0.2, 0) is 10.8 Å². The first-order valence-electron chi connectivity index (χ1n) is 49.2. The van der Waals surface area contributed by atoms with Crippen molar-refractivity contribution in [1.29, 1.82) is 0 Å². The van der Waals surface area contributed by atoms with Gasteiger partial charge in [0.05, 0.1) is 0 Å². The molecule has 2 aliphatic rings. The van der Waals surface area contributed by atoms with Gasteiger partial charge in [0.15, 0.2) is 0 Å². The molecule has 2 heterocycles. The number of aryl methyl sites for hydroxylation is 2. The molecule has 6 rings (SSSR count). The van der Waals surface area contributed by atoms with Crippen molar-refractivity contribution in [3.8, 4) is 26.6 Å². The van der Waals surface area contributed by atoms with Gasteiger partial charge in [-0.15, -0.1) is 0 Å². The maximum absolute atomic E-state index is 7.21. The number of unbranched alkanes of at least 4 members (excludes halogenated alkanes) is 59. The third kappa shape index (κ3) is 32.0. The Hall–Kier alpha value is -1.30. The Morgan fingerprint density at radius 3 is 0.794 bits per heavy atom. The van der Waals surface area contributed by atoms with E-state index in [0.29, 0.717) is 0 Å². The van der Waals surface area contributed by atoms with Gasteiger partial charge in [0.1, 0.15) is 0 Å². The summed E-state index contributed by atoms with van der Waals surface area (Å²) in [5, 5.41) is 3.24. The molecule has 0 aliphatic heterocycles. The van der Waals surface area contributed by atoms with Crippen LogP contribution < -0.4 is 7.63 Å². The van der Waals surface area contributed by atoms with E-state index >= 15 is 0 Å². The van der Waals surface area contributed by atoms with Gasteiger partial charge in [-0.1, -0.05) is 297 Å². The van der Waals surface area contributed by atoms with E-state index in [1.165, 1.54) is 460 Å². The zero-order chi connectivity index (χ0) is 76.2. The van der Waals surface area contributed by atoms with E-state index in [1.54, 1.807) is 72.8 Å². The summed E-state index contributed by atoms with van der Waals surface area (Å²) in [6.45, 7) is 21.9. The van der Waals surface area contributed by atoms with Crippen molar-refractivity contribution in [2.24, 2.45) is 0 Å². The molecule has 1 nitrogen and oxygen atoms in total. The molecular weight excluding hydrogens is 1440 g/mol. The molecule has 0 saturated heterocycles. The average molecular weight is 1620 g/mol. The molecule has 0 bridgehead atoms. The first-order chi connectivity index (χ1) is 52.7. The second kappa shape index (κ2) is 58.5. The molecule has 0 saturated carbocycles. The van der Waals surface area contributed by atoms with Crippen LogP contribution in [0.5, 0.6) is 5.75 Å². The minimum atomic E-state index is -2.87. The van der Waals surface area contributed by atoms with Gasteiger partial charge >= 0.3 is 382 Å². The molecule has 0 spiro atoms. The molecule has 2 aromatic heterocycles. The zero-order valence-electron chi connectivity index (χ0n) is 73.7. The molecule has 2 aromatic carbocycles. The molecule has 107 heavy (non-hydrogen) atoms. The first-order valence-corrected chi connectivity index (χ1v) is 58.3. The molecule has 0 unspecified atom stereocenters. The molecule has 2 aliphatic carbocycles. The van der Waals surface area contributed by atoms with E-state index in [0.717, 1.165) is 0 Å². The second-order valence-corrected chi connectivity index (χ2v) is 52.8. The van der Waals surface area contributed by atoms with Crippen LogP contribution in [0.1, 0.15) is 531 Å². The van der Waals surface area contributed by atoms with Crippen molar-refractivity contribution in [2.75, 3.05) is 7.11 Å². The maximum atomic E-state index is 7.21. The van der Waals surface area contributed by atoms with E-state index in [-0.39, 0.29) is 10.8 Å². The van der Waals surface area contributed by atoms with Crippen molar-refractivity contribution in [3.63, 3.8) is 0 Å². The van der Waals surface area contributed by atoms with Crippen LogP contribution in [0.15, 0.2) is 24.3 Å². The SMILES string of the molecule is CCCCCCCCCCCCCCCCCC1(CCCCCCCCCCCCCCCCC)c2cc(C)sc2-c2c(C)cc3c4c(c(OC)cc3c21)-c1s[c]([Sn]([CH2]CCC)([CH2]CCC)[CH2]CCC)cc1C4(CCCCCCCCCCCCCCCCC)CCCCCCCCCCCCCCCCC. The van der Waals surface area contributed by atoms with Gasteiger partial charge in [-0.3, -0.25) is 0 Å². The van der Waals surface area contributed by atoms with E-state index in [4.69, 9.17) is 4.74 Å². The summed E-state index contributed by atoms with van der Waals surface area (Å²) < 4.78 is 13.8. The normalized spacial score (nSPS) is 13.6. The van der Waals surface area contributed by atoms with Gasteiger partial charge in [0.25, 0.3) is 0 Å². The van der Waals surface area contributed by atoms with Crippen LogP contribution in [0.2, 0.25) is 13.3 Å². The predicted octanol–water partition coefficient (Wildman–Crippen LogP) is 37.2. The summed E-state index contributed by atoms with van der Waals surface area (Å²) in [5.41, 5.74) is 11.8. The molecule has 4 aromatic rings. The minimum absolute atomic E-state index is 0.00297. The zero-order valence-corrected chi connectivity index (χ0v) is 78.1. The van der Waals surface area contributed by atoms with Crippen LogP contribution in [-0.4, -0.2) is 25.5 Å². The number of fused-ring (bicyclic) bond motifs is 9. The molecular formula is C103H180OS2Sn. The third-order valence-electron chi connectivity index (χ3n) is 27.2. The number of benzene rings is 2. The Labute approximate surface area is 680 Å². The number of thiophene rings is 2. The number of hydrogen-bond donors (Lipinski definition) is 0. The fraction of sp³-hybridized carbons (Fsp3) is 0.825. The Bertz CT molecular complexity index is 2740. The summed E-state index contributed by atoms with van der Waals surface area (Å²) in [6.07, 6.45) is 98.9. The van der Waals surface area contributed by atoms with E-state index in [9.17, 15) is 0 Å². The van der Waals surface area contributed by atoms with Gasteiger partial charge in [-0.05, 0) is 6.92 Å². The molecule has 614 valence electrons. The average Bonchev–Trinajstić information content (AvgIpc) is 1.52. The van der Waals surface area contributed by atoms with E-state index < -0.39 is 18.4 Å². The van der Waals surface area contributed by atoms with Crippen molar-refractivity contribution >= 4 is 54.7 Å². The van der Waals surface area contributed by atoms with E-state index in [2.05, 4.69) is 116 Å². The minimum Gasteiger partial charge on any atom is -0.0654 e. The summed E-state index contributed by atoms with van der Waals surface area (Å²) in [6, 6.07) is 11.4. The van der Waals surface area contributed by atoms with E-state index in [1.807, 2.05) is 2.89 Å². The van der Waals surface area contributed by atoms with Crippen LogP contribution in [0.25, 0.3) is 31.7 Å². The van der Waals surface area contributed by atoms with Gasteiger partial charge in [0, 0.05) is 0 Å². The van der Waals surface area contributed by atoms with Gasteiger partial charge in [-0.2, -0.15) is 0 Å². The smallest absolute Gasteiger partial charge is 0.0654 e. The standard InChI is InChI=1S/C91H153OS2.3C4H9.Sn/c1-8-12-16-20-24-28-32-36-40-44-48-52-56-60-64-69-90(70-65-61-57-53-49-45-41-37-33-29-25-21-17-13-9-2)81-68-73-93-88(81)85-83(92-7)76-80-79(87(85)90)74-77(5)84-86(80)91(82-75-78(6)94-89(82)84,71-66-62-58-54-50-46-42-38-34-30-26-22-18-14-10-3)72-67-63-59-55-51-47-43-39-35-31-27-23-19-15-11-4;3*1-3-4-2;/h68,74-76H,8-67,69-72H2,1-7H3;3*1,3-4H2,2H3;. The first kappa shape index (κ1) is 94.6. The van der Waals surface area contributed by atoms with Gasteiger partial charge in [0.2, 0.25) is 0 Å². The molecule has 0 radical (unpaired) electrons. The van der Waals surface area contributed by atoms with Crippen LogP contribution >= 0.6 is 22.7 Å². The Kier molecular flexibility index (Phi) is 51.7. The topological polar surface area (TPSA) is 9.23 Å². The van der Waals surface area contributed by atoms with Crippen molar-refractivity contribution in [3.05, 3.63) is 57.0 Å². The second-order valence-electron chi connectivity index (χ2n) is 36.4. The fourth-order valence-corrected chi connectivity index (χ4v) is 42.3. The Balaban J connectivity index is 1.38. The third-order valence-corrected chi connectivity index (χ3v) is 47.7. The fourth-order valence-electron chi connectivity index (χ4n) is 20.6. The Morgan fingerprint density at radius 2 is 0.514 bits per heavy atom.